The van der Waals surface area contributed by atoms with E-state index < -0.39 is 0 Å². The van der Waals surface area contributed by atoms with Crippen LogP contribution in [-0.2, 0) is 6.54 Å². The van der Waals surface area contributed by atoms with Gasteiger partial charge in [0, 0.05) is 31.9 Å². The van der Waals surface area contributed by atoms with Crippen molar-refractivity contribution in [2.24, 2.45) is 0 Å². The number of aliphatic hydroxyl groups excluding tert-OH is 1. The van der Waals surface area contributed by atoms with Crippen molar-refractivity contribution in [1.29, 1.82) is 0 Å². The molecule has 3 heteroatoms. The monoisotopic (exact) mass is 262 g/mol. The van der Waals surface area contributed by atoms with E-state index in [1.165, 1.54) is 37.2 Å². The van der Waals surface area contributed by atoms with Gasteiger partial charge in [0.25, 0.3) is 0 Å². The summed E-state index contributed by atoms with van der Waals surface area (Å²) in [6, 6.07) is 8.80. The van der Waals surface area contributed by atoms with Gasteiger partial charge in [-0.1, -0.05) is 25.5 Å². The van der Waals surface area contributed by atoms with Gasteiger partial charge >= 0.3 is 0 Å². The van der Waals surface area contributed by atoms with Gasteiger partial charge in [-0.3, -0.25) is 0 Å². The summed E-state index contributed by atoms with van der Waals surface area (Å²) in [7, 11) is 0. The fraction of sp³-hybridized carbons (Fsp3) is 0.625. The van der Waals surface area contributed by atoms with Gasteiger partial charge in [0.05, 0.1) is 6.10 Å². The quantitative estimate of drug-likeness (QED) is 0.792. The number of anilines is 1. The molecular formula is C16H26N2O. The Kier molecular flexibility index (Phi) is 5.67. The summed E-state index contributed by atoms with van der Waals surface area (Å²) in [5.74, 6) is 0. The molecule has 0 radical (unpaired) electrons. The number of benzene rings is 1. The van der Waals surface area contributed by atoms with E-state index in [1.54, 1.807) is 0 Å². The van der Waals surface area contributed by atoms with Gasteiger partial charge in [0.2, 0.25) is 0 Å². The molecule has 0 spiro atoms. The molecule has 2 N–H and O–H groups in total. The van der Waals surface area contributed by atoms with Crippen molar-refractivity contribution >= 4 is 5.69 Å². The molecule has 19 heavy (non-hydrogen) atoms. The van der Waals surface area contributed by atoms with Gasteiger partial charge in [0.15, 0.2) is 0 Å². The van der Waals surface area contributed by atoms with Crippen LogP contribution < -0.4 is 10.2 Å². The first-order chi connectivity index (χ1) is 9.29. The van der Waals surface area contributed by atoms with Gasteiger partial charge in [-0.05, 0) is 37.0 Å². The van der Waals surface area contributed by atoms with Crippen LogP contribution in [0, 0.1) is 0 Å². The summed E-state index contributed by atoms with van der Waals surface area (Å²) in [5, 5.41) is 13.0. The van der Waals surface area contributed by atoms with Crippen LogP contribution in [0.3, 0.4) is 0 Å². The van der Waals surface area contributed by atoms with Crippen molar-refractivity contribution in [3.63, 3.8) is 0 Å². The summed E-state index contributed by atoms with van der Waals surface area (Å²) in [6.07, 6.45) is 4.33. The van der Waals surface area contributed by atoms with Crippen molar-refractivity contribution in [3.8, 4) is 0 Å². The van der Waals surface area contributed by atoms with E-state index in [0.717, 1.165) is 19.4 Å². The van der Waals surface area contributed by atoms with Crippen LogP contribution in [0.5, 0.6) is 0 Å². The summed E-state index contributed by atoms with van der Waals surface area (Å²) in [6.45, 7) is 6.00. The van der Waals surface area contributed by atoms with Crippen LogP contribution in [0.2, 0.25) is 0 Å². The highest BCUT2D eigenvalue weighted by molar-refractivity contribution is 5.48. The van der Waals surface area contributed by atoms with Crippen LogP contribution in [0.1, 0.15) is 38.2 Å². The zero-order chi connectivity index (χ0) is 13.5. The van der Waals surface area contributed by atoms with Gasteiger partial charge in [0.1, 0.15) is 0 Å². The number of rotatable bonds is 7. The largest absolute Gasteiger partial charge is 0.392 e. The number of nitrogens with zero attached hydrogens (tertiary/aromatic N) is 1. The fourth-order valence-corrected chi connectivity index (χ4v) is 2.62. The molecule has 3 nitrogen and oxygen atoms in total. The molecule has 106 valence electrons. The predicted molar refractivity (Wildman–Crippen MR) is 80.5 cm³/mol. The van der Waals surface area contributed by atoms with Gasteiger partial charge < -0.3 is 15.3 Å². The molecule has 2 rings (SSSR count). The minimum atomic E-state index is -0.214. The lowest BCUT2D eigenvalue weighted by Crippen LogP contribution is -2.26. The number of aliphatic hydroxyl groups is 1. The van der Waals surface area contributed by atoms with Crippen molar-refractivity contribution in [2.45, 2.75) is 45.3 Å². The van der Waals surface area contributed by atoms with E-state index in [4.69, 9.17) is 0 Å². The van der Waals surface area contributed by atoms with Gasteiger partial charge in [-0.2, -0.15) is 0 Å². The van der Waals surface area contributed by atoms with Gasteiger partial charge in [-0.25, -0.2) is 0 Å². The Morgan fingerprint density at radius 3 is 2.53 bits per heavy atom. The van der Waals surface area contributed by atoms with Crippen molar-refractivity contribution in [1.82, 2.24) is 5.32 Å². The lowest BCUT2D eigenvalue weighted by molar-refractivity contribution is 0.160. The summed E-state index contributed by atoms with van der Waals surface area (Å²) in [5.41, 5.74) is 2.62. The number of hydrogen-bond donors (Lipinski definition) is 2. The molecule has 0 saturated carbocycles. The molecule has 0 aromatic heterocycles. The summed E-state index contributed by atoms with van der Waals surface area (Å²) in [4.78, 5) is 2.45. The smallest absolute Gasteiger partial charge is 0.0664 e. The molecule has 1 aliphatic heterocycles. The molecule has 1 aromatic rings. The van der Waals surface area contributed by atoms with E-state index >= 15 is 0 Å². The average Bonchev–Trinajstić information content (AvgIpc) is 2.94. The number of nitrogens with one attached hydrogen (secondary N) is 1. The highest BCUT2D eigenvalue weighted by atomic mass is 16.3. The van der Waals surface area contributed by atoms with Crippen molar-refractivity contribution in [2.75, 3.05) is 24.5 Å². The Morgan fingerprint density at radius 1 is 1.21 bits per heavy atom. The second-order valence-electron chi connectivity index (χ2n) is 5.43. The molecule has 1 unspecified atom stereocenters. The molecule has 0 aliphatic carbocycles. The van der Waals surface area contributed by atoms with Crippen LogP contribution in [0.4, 0.5) is 5.69 Å². The molecule has 1 saturated heterocycles. The Bertz CT molecular complexity index is 358. The van der Waals surface area contributed by atoms with E-state index in [1.807, 2.05) is 0 Å². The third-order valence-electron chi connectivity index (χ3n) is 3.74. The third kappa shape index (κ3) is 4.51. The molecular weight excluding hydrogens is 236 g/mol. The fourth-order valence-electron chi connectivity index (χ4n) is 2.62. The van der Waals surface area contributed by atoms with Gasteiger partial charge in [-0.15, -0.1) is 0 Å². The highest BCUT2D eigenvalue weighted by Gasteiger charge is 2.11. The van der Waals surface area contributed by atoms with E-state index in [2.05, 4.69) is 41.4 Å². The average molecular weight is 262 g/mol. The van der Waals surface area contributed by atoms with Crippen LogP contribution in [0.25, 0.3) is 0 Å². The maximum Gasteiger partial charge on any atom is 0.0664 e. The minimum Gasteiger partial charge on any atom is -0.392 e. The van der Waals surface area contributed by atoms with E-state index in [0.29, 0.717) is 6.54 Å². The molecule has 0 amide bonds. The maximum absolute atomic E-state index is 9.65. The summed E-state index contributed by atoms with van der Waals surface area (Å²) >= 11 is 0. The SMILES string of the molecule is CCCC(O)CNCc1ccc(N2CCCC2)cc1. The minimum absolute atomic E-state index is 0.214. The lowest BCUT2D eigenvalue weighted by Gasteiger charge is -2.18. The molecule has 1 aliphatic rings. The lowest BCUT2D eigenvalue weighted by atomic mass is 10.2. The topological polar surface area (TPSA) is 35.5 Å². The molecule has 1 atom stereocenters. The summed E-state index contributed by atoms with van der Waals surface area (Å²) < 4.78 is 0. The first-order valence-electron chi connectivity index (χ1n) is 7.52. The Balaban J connectivity index is 1.75. The van der Waals surface area contributed by atoms with Crippen molar-refractivity contribution in [3.05, 3.63) is 29.8 Å². The maximum atomic E-state index is 9.65. The first-order valence-corrected chi connectivity index (χ1v) is 7.52. The third-order valence-corrected chi connectivity index (χ3v) is 3.74. The Morgan fingerprint density at radius 2 is 1.89 bits per heavy atom. The Hall–Kier alpha value is -1.06. The second kappa shape index (κ2) is 7.51. The molecule has 0 bridgehead atoms. The Labute approximate surface area is 116 Å². The second-order valence-corrected chi connectivity index (χ2v) is 5.43. The van der Waals surface area contributed by atoms with E-state index in [9.17, 15) is 5.11 Å². The first kappa shape index (κ1) is 14.4. The van der Waals surface area contributed by atoms with Crippen LogP contribution in [0.15, 0.2) is 24.3 Å². The van der Waals surface area contributed by atoms with Crippen LogP contribution >= 0.6 is 0 Å². The highest BCUT2D eigenvalue weighted by Crippen LogP contribution is 2.20. The zero-order valence-corrected chi connectivity index (χ0v) is 11.9. The molecule has 1 fully saturated rings. The molecule has 1 heterocycles. The molecule has 1 aromatic carbocycles. The van der Waals surface area contributed by atoms with E-state index in [-0.39, 0.29) is 6.10 Å². The number of hydrogen-bond acceptors (Lipinski definition) is 3. The standard InChI is InChI=1S/C16H26N2O/c1-2-5-16(19)13-17-12-14-6-8-15(9-7-14)18-10-3-4-11-18/h6-9,16-17,19H,2-5,10-13H2,1H3. The normalized spacial score (nSPS) is 16.8. The predicted octanol–water partition coefficient (Wildman–Crippen LogP) is 2.54. The van der Waals surface area contributed by atoms with Crippen molar-refractivity contribution < 1.29 is 5.11 Å². The van der Waals surface area contributed by atoms with Crippen LogP contribution in [-0.4, -0.2) is 30.8 Å². The zero-order valence-electron chi connectivity index (χ0n) is 11.9.